The van der Waals surface area contributed by atoms with E-state index in [1.54, 1.807) is 0 Å². The lowest BCUT2D eigenvalue weighted by Crippen LogP contribution is -2.01. The van der Waals surface area contributed by atoms with Gasteiger partial charge >= 0.3 is 0 Å². The summed E-state index contributed by atoms with van der Waals surface area (Å²) in [6.07, 6.45) is 1.27. The maximum atomic E-state index is 10.7. The van der Waals surface area contributed by atoms with Crippen LogP contribution in [-0.2, 0) is 9.53 Å². The molecule has 0 fully saturated rings. The van der Waals surface area contributed by atoms with Crippen LogP contribution in [0.25, 0.3) is 0 Å². The zero-order chi connectivity index (χ0) is 7.98. The zero-order valence-corrected chi connectivity index (χ0v) is 6.90. The van der Waals surface area contributed by atoms with Crippen LogP contribution >= 0.6 is 11.8 Å². The summed E-state index contributed by atoms with van der Waals surface area (Å²) in [6, 6.07) is 0. The van der Waals surface area contributed by atoms with Gasteiger partial charge in [-0.25, -0.2) is 0 Å². The van der Waals surface area contributed by atoms with E-state index in [4.69, 9.17) is 5.73 Å². The maximum Gasteiger partial charge on any atom is 0.217 e. The van der Waals surface area contributed by atoms with Crippen LogP contribution < -0.4 is 5.73 Å². The van der Waals surface area contributed by atoms with Crippen molar-refractivity contribution in [3.63, 3.8) is 0 Å². The van der Waals surface area contributed by atoms with Crippen molar-refractivity contribution in [2.45, 2.75) is 6.92 Å². The van der Waals surface area contributed by atoms with Gasteiger partial charge in [-0.2, -0.15) is 0 Å². The molecule has 0 aromatic heterocycles. The fourth-order valence-corrected chi connectivity index (χ4v) is 0.843. The standard InChI is InChI=1S/C6H11NO2S/c1-3-10-6(8)4-5(7)9-2/h4H,3,7H2,1-2H3. The third-order valence-corrected chi connectivity index (χ3v) is 1.47. The molecule has 0 saturated carbocycles. The fraction of sp³-hybridized carbons (Fsp3) is 0.500. The molecule has 3 nitrogen and oxygen atoms in total. The molecular weight excluding hydrogens is 150 g/mol. The second kappa shape index (κ2) is 5.17. The van der Waals surface area contributed by atoms with E-state index < -0.39 is 0 Å². The minimum atomic E-state index is -0.0677. The van der Waals surface area contributed by atoms with Crippen LogP contribution in [0.4, 0.5) is 0 Å². The molecule has 0 spiro atoms. The van der Waals surface area contributed by atoms with Gasteiger partial charge in [0, 0.05) is 0 Å². The van der Waals surface area contributed by atoms with Crippen LogP contribution in [0, 0.1) is 0 Å². The first-order chi connectivity index (χ1) is 4.70. The van der Waals surface area contributed by atoms with Crippen LogP contribution in [0.3, 0.4) is 0 Å². The Morgan fingerprint density at radius 2 is 2.40 bits per heavy atom. The molecule has 0 aromatic rings. The summed E-state index contributed by atoms with van der Waals surface area (Å²) in [5, 5.41) is -0.0677. The van der Waals surface area contributed by atoms with Gasteiger partial charge in [-0.15, -0.1) is 0 Å². The summed E-state index contributed by atoms with van der Waals surface area (Å²) >= 11 is 1.20. The highest BCUT2D eigenvalue weighted by molar-refractivity contribution is 8.14. The maximum absolute atomic E-state index is 10.7. The van der Waals surface area contributed by atoms with Gasteiger partial charge in [-0.3, -0.25) is 4.79 Å². The lowest BCUT2D eigenvalue weighted by Gasteiger charge is -1.95. The van der Waals surface area contributed by atoms with Crippen LogP contribution in [0.1, 0.15) is 6.92 Å². The second-order valence-corrected chi connectivity index (χ2v) is 2.77. The summed E-state index contributed by atoms with van der Waals surface area (Å²) in [6.45, 7) is 1.90. The SMILES string of the molecule is CCSC(=O)C=C(N)OC. The molecule has 4 heteroatoms. The summed E-state index contributed by atoms with van der Waals surface area (Å²) in [7, 11) is 1.43. The Morgan fingerprint density at radius 1 is 1.80 bits per heavy atom. The van der Waals surface area contributed by atoms with Crippen molar-refractivity contribution >= 4 is 16.9 Å². The van der Waals surface area contributed by atoms with Gasteiger partial charge in [-0.1, -0.05) is 18.7 Å². The van der Waals surface area contributed by atoms with Crippen LogP contribution in [0.2, 0.25) is 0 Å². The van der Waals surface area contributed by atoms with E-state index in [1.165, 1.54) is 24.9 Å². The largest absolute Gasteiger partial charge is 0.483 e. The van der Waals surface area contributed by atoms with Crippen molar-refractivity contribution < 1.29 is 9.53 Å². The van der Waals surface area contributed by atoms with Gasteiger partial charge in [0.05, 0.1) is 13.2 Å². The topological polar surface area (TPSA) is 52.3 Å². The highest BCUT2D eigenvalue weighted by Crippen LogP contribution is 2.02. The summed E-state index contributed by atoms with van der Waals surface area (Å²) < 4.78 is 4.57. The highest BCUT2D eigenvalue weighted by Gasteiger charge is 1.96. The predicted molar refractivity (Wildman–Crippen MR) is 42.4 cm³/mol. The Morgan fingerprint density at radius 3 is 2.80 bits per heavy atom. The molecule has 2 N–H and O–H groups in total. The minimum Gasteiger partial charge on any atom is -0.483 e. The molecule has 0 aromatic carbocycles. The summed E-state index contributed by atoms with van der Waals surface area (Å²) in [5.41, 5.74) is 5.21. The monoisotopic (exact) mass is 161 g/mol. The van der Waals surface area contributed by atoms with Gasteiger partial charge in [0.1, 0.15) is 0 Å². The molecule has 0 amide bonds. The quantitative estimate of drug-likeness (QED) is 0.489. The molecule has 0 radical (unpaired) electrons. The van der Waals surface area contributed by atoms with Crippen LogP contribution in [0.15, 0.2) is 12.0 Å². The van der Waals surface area contributed by atoms with Crippen molar-refractivity contribution in [2.24, 2.45) is 5.73 Å². The Kier molecular flexibility index (Phi) is 4.84. The van der Waals surface area contributed by atoms with E-state index in [9.17, 15) is 4.79 Å². The third kappa shape index (κ3) is 4.26. The third-order valence-electron chi connectivity index (χ3n) is 0.782. The van der Waals surface area contributed by atoms with Gasteiger partial charge in [0.2, 0.25) is 5.12 Å². The van der Waals surface area contributed by atoms with Crippen molar-refractivity contribution in [1.82, 2.24) is 0 Å². The van der Waals surface area contributed by atoms with Crippen LogP contribution in [-0.4, -0.2) is 18.0 Å². The zero-order valence-electron chi connectivity index (χ0n) is 6.09. The molecule has 0 heterocycles. The van der Waals surface area contributed by atoms with Gasteiger partial charge in [0.15, 0.2) is 5.88 Å². The van der Waals surface area contributed by atoms with E-state index in [0.29, 0.717) is 0 Å². The molecule has 0 saturated heterocycles. The molecule has 0 rings (SSSR count). The molecule has 0 aliphatic heterocycles. The van der Waals surface area contributed by atoms with Crippen molar-refractivity contribution in [1.29, 1.82) is 0 Å². The Hall–Kier alpha value is -0.640. The second-order valence-electron chi connectivity index (χ2n) is 1.50. The number of thioether (sulfide) groups is 1. The number of carbonyl (C=O) groups is 1. The number of hydrogen-bond acceptors (Lipinski definition) is 4. The molecule has 0 unspecified atom stereocenters. The lowest BCUT2D eigenvalue weighted by molar-refractivity contribution is -0.107. The number of ether oxygens (including phenoxy) is 1. The van der Waals surface area contributed by atoms with E-state index in [1.807, 2.05) is 6.92 Å². The van der Waals surface area contributed by atoms with Crippen molar-refractivity contribution in [2.75, 3.05) is 12.9 Å². The molecule has 0 aliphatic carbocycles. The van der Waals surface area contributed by atoms with E-state index in [2.05, 4.69) is 4.74 Å². The number of methoxy groups -OCH3 is 1. The van der Waals surface area contributed by atoms with Gasteiger partial charge in [0.25, 0.3) is 0 Å². The van der Waals surface area contributed by atoms with Gasteiger partial charge in [-0.05, 0) is 5.75 Å². The molecule has 0 aliphatic rings. The lowest BCUT2D eigenvalue weighted by atomic mass is 10.6. The normalized spacial score (nSPS) is 11.2. The first-order valence-electron chi connectivity index (χ1n) is 2.88. The molecular formula is C6H11NO2S. The molecule has 10 heavy (non-hydrogen) atoms. The molecule has 0 bridgehead atoms. The van der Waals surface area contributed by atoms with Crippen LogP contribution in [0.5, 0.6) is 0 Å². The number of hydrogen-bond donors (Lipinski definition) is 1. The average molecular weight is 161 g/mol. The first kappa shape index (κ1) is 9.36. The smallest absolute Gasteiger partial charge is 0.217 e. The average Bonchev–Trinajstić information content (AvgIpc) is 1.88. The number of carbonyl (C=O) groups excluding carboxylic acids is 1. The van der Waals surface area contributed by atoms with Crippen molar-refractivity contribution in [3.05, 3.63) is 12.0 Å². The van der Waals surface area contributed by atoms with Crippen molar-refractivity contribution in [3.8, 4) is 0 Å². The Balaban J connectivity index is 3.75. The number of rotatable bonds is 3. The minimum absolute atomic E-state index is 0.0677. The van der Waals surface area contributed by atoms with E-state index in [-0.39, 0.29) is 11.0 Å². The Labute approximate surface area is 64.6 Å². The molecule has 58 valence electrons. The highest BCUT2D eigenvalue weighted by atomic mass is 32.2. The predicted octanol–water partition coefficient (Wildman–Crippen LogP) is 0.713. The van der Waals surface area contributed by atoms with Gasteiger partial charge < -0.3 is 10.5 Å². The van der Waals surface area contributed by atoms with E-state index >= 15 is 0 Å². The molecule has 0 atom stereocenters. The number of nitrogens with two attached hydrogens (primary N) is 1. The van der Waals surface area contributed by atoms with E-state index in [0.717, 1.165) is 5.75 Å². The summed E-state index contributed by atoms with van der Waals surface area (Å²) in [4.78, 5) is 10.7. The first-order valence-corrected chi connectivity index (χ1v) is 3.87. The fourth-order valence-electron chi connectivity index (χ4n) is 0.359. The Bertz CT molecular complexity index is 145. The summed E-state index contributed by atoms with van der Waals surface area (Å²) in [5.74, 6) is 0.915.